The van der Waals surface area contributed by atoms with E-state index in [1.54, 1.807) is 6.26 Å². The fourth-order valence-corrected chi connectivity index (χ4v) is 1.94. The summed E-state index contributed by atoms with van der Waals surface area (Å²) in [6, 6.07) is 1.85. The Morgan fingerprint density at radius 3 is 3.10 bits per heavy atom. The second-order valence-electron chi connectivity index (χ2n) is 4.61. The van der Waals surface area contributed by atoms with Crippen LogP contribution in [0.5, 0.6) is 0 Å². The minimum Gasteiger partial charge on any atom is -0.376 e. The maximum absolute atomic E-state index is 5.59. The monoisotopic (exact) mass is 282 g/mol. The van der Waals surface area contributed by atoms with Gasteiger partial charge in [0.25, 0.3) is 0 Å². The quantitative estimate of drug-likeness (QED) is 0.626. The van der Waals surface area contributed by atoms with Crippen molar-refractivity contribution in [2.45, 2.75) is 19.6 Å². The average Bonchev–Trinajstić information content (AvgIpc) is 2.97. The Morgan fingerprint density at radius 2 is 2.45 bits per heavy atom. The Kier molecular flexibility index (Phi) is 5.82. The smallest absolute Gasteiger partial charge is 0.194 e. The summed E-state index contributed by atoms with van der Waals surface area (Å²) in [7, 11) is 1.97. The molecule has 0 radical (unpaired) electrons. The molecule has 7 heteroatoms. The largest absolute Gasteiger partial charge is 0.376 e. The van der Waals surface area contributed by atoms with Crippen LogP contribution in [0.4, 0.5) is 0 Å². The zero-order valence-corrected chi connectivity index (χ0v) is 12.0. The van der Waals surface area contributed by atoms with Crippen LogP contribution in [0.25, 0.3) is 0 Å². The molecule has 20 heavy (non-hydrogen) atoms. The zero-order valence-electron chi connectivity index (χ0n) is 12.0. The molecule has 0 aliphatic carbocycles. The standard InChI is InChI=1S/C13H22N4O3/c1-3-14-13(15-8-12-10-18-6-7-19-12)17(2)9-11-4-5-20-16-11/h4-5,12H,3,6-10H2,1-2H3,(H,14,15). The highest BCUT2D eigenvalue weighted by Gasteiger charge is 2.15. The first-order valence-electron chi connectivity index (χ1n) is 6.87. The summed E-state index contributed by atoms with van der Waals surface area (Å²) in [5.74, 6) is 0.824. The van der Waals surface area contributed by atoms with E-state index in [0.717, 1.165) is 18.2 Å². The Balaban J connectivity index is 1.90. The summed E-state index contributed by atoms with van der Waals surface area (Å²) in [5.41, 5.74) is 0.871. The number of hydrogen-bond acceptors (Lipinski definition) is 5. The number of rotatable bonds is 5. The SMILES string of the molecule is CCNC(=NCC1COCCO1)N(C)Cc1ccon1. The number of aromatic nitrogens is 1. The predicted octanol–water partition coefficient (Wildman–Crippen LogP) is 0.487. The zero-order chi connectivity index (χ0) is 14.2. The second-order valence-corrected chi connectivity index (χ2v) is 4.61. The summed E-state index contributed by atoms with van der Waals surface area (Å²) in [6.07, 6.45) is 1.61. The number of aliphatic imine (C=N–C) groups is 1. The lowest BCUT2D eigenvalue weighted by Gasteiger charge is -2.24. The number of nitrogens with one attached hydrogen (secondary N) is 1. The van der Waals surface area contributed by atoms with Crippen LogP contribution in [-0.2, 0) is 16.0 Å². The van der Waals surface area contributed by atoms with E-state index in [4.69, 9.17) is 14.0 Å². The Morgan fingerprint density at radius 1 is 1.55 bits per heavy atom. The number of ether oxygens (including phenoxy) is 2. The molecule has 2 rings (SSSR count). The third kappa shape index (κ3) is 4.50. The first-order valence-corrected chi connectivity index (χ1v) is 6.87. The van der Waals surface area contributed by atoms with Crippen molar-refractivity contribution in [3.05, 3.63) is 18.0 Å². The molecule has 112 valence electrons. The minimum atomic E-state index is 0.0397. The maximum atomic E-state index is 5.59. The molecule has 1 fully saturated rings. The Bertz CT molecular complexity index is 402. The van der Waals surface area contributed by atoms with E-state index >= 15 is 0 Å². The van der Waals surface area contributed by atoms with Gasteiger partial charge in [0.05, 0.1) is 32.9 Å². The van der Waals surface area contributed by atoms with Crippen LogP contribution in [0.2, 0.25) is 0 Å². The molecule has 0 amide bonds. The molecule has 0 spiro atoms. The van der Waals surface area contributed by atoms with Crippen molar-refractivity contribution in [3.63, 3.8) is 0 Å². The van der Waals surface area contributed by atoms with E-state index in [1.165, 1.54) is 0 Å². The molecule has 1 aliphatic heterocycles. The van der Waals surface area contributed by atoms with Crippen LogP contribution in [0.3, 0.4) is 0 Å². The molecular weight excluding hydrogens is 260 g/mol. The van der Waals surface area contributed by atoms with Gasteiger partial charge in [-0.15, -0.1) is 0 Å². The van der Waals surface area contributed by atoms with Crippen LogP contribution in [0.1, 0.15) is 12.6 Å². The summed E-state index contributed by atoms with van der Waals surface area (Å²) in [6.45, 7) is 6.01. The molecule has 7 nitrogen and oxygen atoms in total. The molecule has 0 bridgehead atoms. The molecule has 1 unspecified atom stereocenters. The topological polar surface area (TPSA) is 72.1 Å². The lowest BCUT2D eigenvalue weighted by Crippen LogP contribution is -2.40. The summed E-state index contributed by atoms with van der Waals surface area (Å²) in [4.78, 5) is 6.59. The van der Waals surface area contributed by atoms with Crippen LogP contribution in [-0.4, -0.2) is 62.1 Å². The highest BCUT2D eigenvalue weighted by molar-refractivity contribution is 5.79. The maximum Gasteiger partial charge on any atom is 0.194 e. The van der Waals surface area contributed by atoms with Crippen LogP contribution in [0, 0.1) is 0 Å². The van der Waals surface area contributed by atoms with Crippen LogP contribution >= 0.6 is 0 Å². The number of hydrogen-bond donors (Lipinski definition) is 1. The van der Waals surface area contributed by atoms with Gasteiger partial charge in [-0.2, -0.15) is 0 Å². The van der Waals surface area contributed by atoms with Crippen molar-refractivity contribution in [2.24, 2.45) is 4.99 Å². The molecule has 1 aliphatic rings. The first kappa shape index (κ1) is 14.8. The fraction of sp³-hybridized carbons (Fsp3) is 0.692. The average molecular weight is 282 g/mol. The molecule has 1 saturated heterocycles. The highest BCUT2D eigenvalue weighted by Crippen LogP contribution is 2.03. The van der Waals surface area contributed by atoms with E-state index in [2.05, 4.69) is 15.5 Å². The van der Waals surface area contributed by atoms with Crippen molar-refractivity contribution in [2.75, 3.05) is 40.0 Å². The first-order chi connectivity index (χ1) is 9.79. The number of nitrogens with zero attached hydrogens (tertiary/aromatic N) is 3. The van der Waals surface area contributed by atoms with Crippen molar-refractivity contribution < 1.29 is 14.0 Å². The van der Waals surface area contributed by atoms with Gasteiger partial charge in [0.2, 0.25) is 0 Å². The van der Waals surface area contributed by atoms with Gasteiger partial charge in [0.1, 0.15) is 18.1 Å². The van der Waals surface area contributed by atoms with Gasteiger partial charge in [-0.3, -0.25) is 4.99 Å². The fourth-order valence-electron chi connectivity index (χ4n) is 1.94. The molecule has 1 atom stereocenters. The summed E-state index contributed by atoms with van der Waals surface area (Å²) in [5, 5.41) is 7.16. The van der Waals surface area contributed by atoms with Gasteiger partial charge in [-0.25, -0.2) is 0 Å². The van der Waals surface area contributed by atoms with Crippen LogP contribution in [0.15, 0.2) is 21.8 Å². The van der Waals surface area contributed by atoms with Gasteiger partial charge >= 0.3 is 0 Å². The minimum absolute atomic E-state index is 0.0397. The molecule has 1 aromatic rings. The van der Waals surface area contributed by atoms with Crippen molar-refractivity contribution in [3.8, 4) is 0 Å². The molecule has 0 aromatic carbocycles. The van der Waals surface area contributed by atoms with Crippen molar-refractivity contribution in [1.29, 1.82) is 0 Å². The summed E-state index contributed by atoms with van der Waals surface area (Å²) < 4.78 is 15.8. The molecule has 1 aromatic heterocycles. The second kappa shape index (κ2) is 7.86. The Labute approximate surface area is 118 Å². The van der Waals surface area contributed by atoms with Gasteiger partial charge < -0.3 is 24.2 Å². The normalized spacial score (nSPS) is 19.9. The predicted molar refractivity (Wildman–Crippen MR) is 74.5 cm³/mol. The third-order valence-electron chi connectivity index (χ3n) is 2.92. The van der Waals surface area contributed by atoms with E-state index in [1.807, 2.05) is 24.9 Å². The van der Waals surface area contributed by atoms with Crippen LogP contribution < -0.4 is 5.32 Å². The lowest BCUT2D eigenvalue weighted by molar-refractivity contribution is -0.0833. The molecular formula is C13H22N4O3. The van der Waals surface area contributed by atoms with E-state index in [9.17, 15) is 0 Å². The van der Waals surface area contributed by atoms with Gasteiger partial charge in [0, 0.05) is 19.7 Å². The molecule has 0 saturated carbocycles. The van der Waals surface area contributed by atoms with E-state index in [-0.39, 0.29) is 6.10 Å². The van der Waals surface area contributed by atoms with E-state index in [0.29, 0.717) is 32.9 Å². The van der Waals surface area contributed by atoms with Gasteiger partial charge in [-0.05, 0) is 6.92 Å². The summed E-state index contributed by atoms with van der Waals surface area (Å²) >= 11 is 0. The van der Waals surface area contributed by atoms with Crippen molar-refractivity contribution in [1.82, 2.24) is 15.4 Å². The van der Waals surface area contributed by atoms with Gasteiger partial charge in [-0.1, -0.05) is 5.16 Å². The highest BCUT2D eigenvalue weighted by atomic mass is 16.6. The number of guanidine groups is 1. The molecule has 2 heterocycles. The third-order valence-corrected chi connectivity index (χ3v) is 2.92. The van der Waals surface area contributed by atoms with Crippen molar-refractivity contribution >= 4 is 5.96 Å². The van der Waals surface area contributed by atoms with E-state index < -0.39 is 0 Å². The van der Waals surface area contributed by atoms with Gasteiger partial charge in [0.15, 0.2) is 5.96 Å². The Hall–Kier alpha value is -1.60. The lowest BCUT2D eigenvalue weighted by atomic mass is 10.3. The molecule has 1 N–H and O–H groups in total.